The zero-order valence-electron chi connectivity index (χ0n) is 11.4. The molecule has 0 saturated carbocycles. The van der Waals surface area contributed by atoms with Gasteiger partial charge in [-0.05, 0) is 26.3 Å². The van der Waals surface area contributed by atoms with Gasteiger partial charge in [0, 0.05) is 29.7 Å². The smallest absolute Gasteiger partial charge is 0.223 e. The minimum absolute atomic E-state index is 0.00829. The first-order valence-corrected chi connectivity index (χ1v) is 6.26. The molecule has 0 saturated heterocycles. The van der Waals surface area contributed by atoms with E-state index in [-0.39, 0.29) is 12.6 Å². The van der Waals surface area contributed by atoms with E-state index in [1.807, 2.05) is 20.8 Å². The normalized spacial score (nSPS) is 12.4. The van der Waals surface area contributed by atoms with Gasteiger partial charge in [-0.3, -0.25) is 0 Å². The van der Waals surface area contributed by atoms with Gasteiger partial charge in [-0.15, -0.1) is 0 Å². The number of rotatable bonds is 5. The van der Waals surface area contributed by atoms with Crippen LogP contribution in [-0.4, -0.2) is 37.7 Å². The number of aromatic nitrogens is 4. The van der Waals surface area contributed by atoms with Gasteiger partial charge in [0.2, 0.25) is 5.95 Å². The topological polar surface area (TPSA) is 86.7 Å². The number of H-pyrrole nitrogens is 1. The van der Waals surface area contributed by atoms with Crippen molar-refractivity contribution in [2.24, 2.45) is 0 Å². The maximum absolute atomic E-state index is 9.43. The molecule has 6 nitrogen and oxygen atoms in total. The van der Waals surface area contributed by atoms with Crippen molar-refractivity contribution in [3.05, 3.63) is 35.2 Å². The number of anilines is 1. The van der Waals surface area contributed by atoms with Crippen LogP contribution in [0.1, 0.15) is 22.6 Å². The van der Waals surface area contributed by atoms with E-state index in [9.17, 15) is 5.11 Å². The summed E-state index contributed by atoms with van der Waals surface area (Å²) in [4.78, 5) is 15.8. The molecule has 2 heterocycles. The largest absolute Gasteiger partial charge is 0.394 e. The molecule has 0 bridgehead atoms. The molecule has 102 valence electrons. The van der Waals surface area contributed by atoms with Crippen LogP contribution in [0.25, 0.3) is 0 Å². The number of imidazole rings is 1. The Hall–Kier alpha value is -1.95. The van der Waals surface area contributed by atoms with Crippen molar-refractivity contribution in [1.82, 2.24) is 19.9 Å². The van der Waals surface area contributed by atoms with E-state index in [1.165, 1.54) is 0 Å². The quantitative estimate of drug-likeness (QED) is 0.751. The summed E-state index contributed by atoms with van der Waals surface area (Å²) >= 11 is 0. The molecule has 0 fully saturated rings. The summed E-state index contributed by atoms with van der Waals surface area (Å²) in [6.07, 6.45) is 4.02. The van der Waals surface area contributed by atoms with Crippen molar-refractivity contribution in [3.8, 4) is 0 Å². The molecule has 0 amide bonds. The fraction of sp³-hybridized carbons (Fsp3) is 0.462. The zero-order chi connectivity index (χ0) is 13.8. The van der Waals surface area contributed by atoms with Crippen molar-refractivity contribution < 1.29 is 5.11 Å². The van der Waals surface area contributed by atoms with Crippen molar-refractivity contribution >= 4 is 5.95 Å². The van der Waals surface area contributed by atoms with E-state index in [0.717, 1.165) is 22.6 Å². The Morgan fingerprint density at radius 2 is 1.95 bits per heavy atom. The maximum atomic E-state index is 9.43. The van der Waals surface area contributed by atoms with E-state index in [1.54, 1.807) is 12.5 Å². The van der Waals surface area contributed by atoms with Crippen LogP contribution >= 0.6 is 0 Å². The van der Waals surface area contributed by atoms with Crippen LogP contribution in [0, 0.1) is 20.8 Å². The fourth-order valence-electron chi connectivity index (χ4n) is 1.84. The third-order valence-electron chi connectivity index (χ3n) is 3.21. The maximum Gasteiger partial charge on any atom is 0.223 e. The van der Waals surface area contributed by atoms with E-state index in [2.05, 4.69) is 25.3 Å². The lowest BCUT2D eigenvalue weighted by Gasteiger charge is -2.16. The Balaban J connectivity index is 2.10. The third-order valence-corrected chi connectivity index (χ3v) is 3.21. The molecule has 2 rings (SSSR count). The highest BCUT2D eigenvalue weighted by Gasteiger charge is 2.12. The van der Waals surface area contributed by atoms with Crippen LogP contribution < -0.4 is 5.32 Å². The predicted molar refractivity (Wildman–Crippen MR) is 73.0 cm³/mol. The second-order valence-electron chi connectivity index (χ2n) is 4.65. The van der Waals surface area contributed by atoms with Gasteiger partial charge >= 0.3 is 0 Å². The summed E-state index contributed by atoms with van der Waals surface area (Å²) < 4.78 is 0. The molecule has 0 aliphatic carbocycles. The Labute approximate surface area is 112 Å². The van der Waals surface area contributed by atoms with Crippen molar-refractivity contribution in [3.63, 3.8) is 0 Å². The highest BCUT2D eigenvalue weighted by atomic mass is 16.3. The van der Waals surface area contributed by atoms with E-state index < -0.39 is 0 Å². The number of aliphatic hydroxyl groups excluding tert-OH is 1. The first kappa shape index (κ1) is 13.5. The Bertz CT molecular complexity index is 515. The number of aryl methyl sites for hydroxylation is 2. The van der Waals surface area contributed by atoms with Gasteiger partial charge in [0.1, 0.15) is 0 Å². The standard InChI is InChI=1S/C13H19N5O/c1-8-9(2)16-13(17-10(8)3)18-12(6-19)4-11-5-14-7-15-11/h5,7,12,19H,4,6H2,1-3H3,(H,14,15)(H,16,17,18)/t12-/m0/s1. The molecule has 2 aromatic rings. The summed E-state index contributed by atoms with van der Waals surface area (Å²) in [5, 5.41) is 12.6. The number of aliphatic hydroxyl groups is 1. The third kappa shape index (κ3) is 3.29. The molecule has 6 heteroatoms. The average Bonchev–Trinajstić information content (AvgIpc) is 2.88. The van der Waals surface area contributed by atoms with E-state index in [0.29, 0.717) is 12.4 Å². The van der Waals surface area contributed by atoms with E-state index >= 15 is 0 Å². The summed E-state index contributed by atoms with van der Waals surface area (Å²) in [5.74, 6) is 0.555. The van der Waals surface area contributed by atoms with Crippen LogP contribution in [0.2, 0.25) is 0 Å². The fourth-order valence-corrected chi connectivity index (χ4v) is 1.84. The van der Waals surface area contributed by atoms with Crippen LogP contribution in [0.15, 0.2) is 12.5 Å². The van der Waals surface area contributed by atoms with Gasteiger partial charge in [0.25, 0.3) is 0 Å². The molecular weight excluding hydrogens is 242 g/mol. The summed E-state index contributed by atoms with van der Waals surface area (Å²) in [5.41, 5.74) is 3.97. The van der Waals surface area contributed by atoms with Crippen LogP contribution in [0.5, 0.6) is 0 Å². The summed E-state index contributed by atoms with van der Waals surface area (Å²) in [6, 6.07) is -0.137. The number of hydrogen-bond donors (Lipinski definition) is 3. The average molecular weight is 261 g/mol. The summed E-state index contributed by atoms with van der Waals surface area (Å²) in [7, 11) is 0. The van der Waals surface area contributed by atoms with Gasteiger partial charge in [-0.2, -0.15) is 0 Å². The Morgan fingerprint density at radius 3 is 2.47 bits per heavy atom. The second kappa shape index (κ2) is 5.79. The molecule has 0 unspecified atom stereocenters. The molecule has 2 aromatic heterocycles. The molecule has 0 radical (unpaired) electrons. The minimum Gasteiger partial charge on any atom is -0.394 e. The van der Waals surface area contributed by atoms with Gasteiger partial charge in [0.05, 0.1) is 19.0 Å². The monoisotopic (exact) mass is 261 g/mol. The molecule has 0 spiro atoms. The Morgan fingerprint density at radius 1 is 1.26 bits per heavy atom. The first-order chi connectivity index (χ1) is 9.10. The Kier molecular flexibility index (Phi) is 4.11. The highest BCUT2D eigenvalue weighted by molar-refractivity contribution is 5.34. The molecule has 3 N–H and O–H groups in total. The molecule has 0 aromatic carbocycles. The number of nitrogens with one attached hydrogen (secondary N) is 2. The predicted octanol–water partition coefficient (Wildman–Crippen LogP) is 1.14. The molecule has 0 aliphatic heterocycles. The van der Waals surface area contributed by atoms with Gasteiger partial charge in [-0.1, -0.05) is 0 Å². The van der Waals surface area contributed by atoms with Gasteiger partial charge in [-0.25, -0.2) is 15.0 Å². The number of hydrogen-bond acceptors (Lipinski definition) is 5. The van der Waals surface area contributed by atoms with Gasteiger partial charge in [0.15, 0.2) is 0 Å². The zero-order valence-corrected chi connectivity index (χ0v) is 11.4. The van der Waals surface area contributed by atoms with Crippen LogP contribution in [0.3, 0.4) is 0 Å². The van der Waals surface area contributed by atoms with E-state index in [4.69, 9.17) is 0 Å². The second-order valence-corrected chi connectivity index (χ2v) is 4.65. The molecule has 0 aliphatic rings. The van der Waals surface area contributed by atoms with Crippen LogP contribution in [0.4, 0.5) is 5.95 Å². The number of aromatic amines is 1. The molecule has 1 atom stereocenters. The van der Waals surface area contributed by atoms with Gasteiger partial charge < -0.3 is 15.4 Å². The minimum atomic E-state index is -0.137. The lowest BCUT2D eigenvalue weighted by Crippen LogP contribution is -2.28. The summed E-state index contributed by atoms with van der Waals surface area (Å²) in [6.45, 7) is 5.92. The number of nitrogens with zero attached hydrogens (tertiary/aromatic N) is 3. The van der Waals surface area contributed by atoms with Crippen molar-refractivity contribution in [2.45, 2.75) is 33.2 Å². The van der Waals surface area contributed by atoms with Crippen molar-refractivity contribution in [1.29, 1.82) is 0 Å². The molecule has 19 heavy (non-hydrogen) atoms. The van der Waals surface area contributed by atoms with Crippen LogP contribution in [-0.2, 0) is 6.42 Å². The lowest BCUT2D eigenvalue weighted by atomic mass is 10.2. The highest BCUT2D eigenvalue weighted by Crippen LogP contribution is 2.12. The van der Waals surface area contributed by atoms with Crippen molar-refractivity contribution in [2.75, 3.05) is 11.9 Å². The SMILES string of the molecule is Cc1nc(N[C@H](CO)Cc2cnc[nH]2)nc(C)c1C. The lowest BCUT2D eigenvalue weighted by molar-refractivity contribution is 0.272. The molecular formula is C13H19N5O. The first-order valence-electron chi connectivity index (χ1n) is 6.26.